The number of aliphatic hydroxyl groups is 1. The zero-order valence-corrected chi connectivity index (χ0v) is 25.7. The van der Waals surface area contributed by atoms with Gasteiger partial charge in [-0.05, 0) is 59.7 Å². The number of methoxy groups -OCH3 is 2. The molecule has 0 unspecified atom stereocenters. The summed E-state index contributed by atoms with van der Waals surface area (Å²) in [6.07, 6.45) is -1.03. The molecule has 4 rings (SSSR count). The van der Waals surface area contributed by atoms with Gasteiger partial charge in [0.2, 0.25) is 0 Å². The Morgan fingerprint density at radius 3 is 1.25 bits per heavy atom. The van der Waals surface area contributed by atoms with E-state index in [1.807, 2.05) is 109 Å². The van der Waals surface area contributed by atoms with Crippen LogP contribution in [-0.4, -0.2) is 74.5 Å². The van der Waals surface area contributed by atoms with Gasteiger partial charge >= 0.3 is 12.1 Å². The molecule has 0 bridgehead atoms. The minimum Gasteiger partial charge on any atom is -0.497 e. The third kappa shape index (κ3) is 8.52. The molecule has 0 saturated heterocycles. The van der Waals surface area contributed by atoms with Gasteiger partial charge in [-0.1, -0.05) is 60.7 Å². The first-order chi connectivity index (χ1) is 21.3. The predicted molar refractivity (Wildman–Crippen MR) is 173 cm³/mol. The fraction of sp³-hybridized carbons (Fsp3) is 0.257. The van der Waals surface area contributed by atoms with Gasteiger partial charge in [0.05, 0.1) is 33.4 Å². The van der Waals surface area contributed by atoms with Crippen LogP contribution < -0.4 is 19.3 Å². The lowest BCUT2D eigenvalue weighted by Gasteiger charge is -2.33. The number of nitrogens with zero attached hydrogens (tertiary/aromatic N) is 4. The number of hydrogen-bond acceptors (Lipinski definition) is 5. The summed E-state index contributed by atoms with van der Waals surface area (Å²) in [4.78, 5) is 33.9. The molecule has 4 amide bonds. The number of ether oxygens (including phenoxy) is 2. The van der Waals surface area contributed by atoms with Gasteiger partial charge in [0.25, 0.3) is 0 Å². The number of benzene rings is 4. The molecule has 0 fully saturated rings. The Kier molecular flexibility index (Phi) is 11.2. The van der Waals surface area contributed by atoms with Gasteiger partial charge in [-0.15, -0.1) is 0 Å². The highest BCUT2D eigenvalue weighted by Gasteiger charge is 2.27. The van der Waals surface area contributed by atoms with Gasteiger partial charge < -0.3 is 24.4 Å². The van der Waals surface area contributed by atoms with Crippen molar-refractivity contribution in [3.8, 4) is 11.5 Å². The number of carbonyl (C=O) groups is 2. The number of hydrogen-bond donors (Lipinski definition) is 1. The summed E-state index contributed by atoms with van der Waals surface area (Å²) >= 11 is 0. The van der Waals surface area contributed by atoms with Crippen molar-refractivity contribution in [3.63, 3.8) is 0 Å². The zero-order chi connectivity index (χ0) is 31.5. The van der Waals surface area contributed by atoms with Crippen LogP contribution in [0.5, 0.6) is 11.5 Å². The van der Waals surface area contributed by atoms with Crippen LogP contribution in [0.25, 0.3) is 0 Å². The lowest BCUT2D eigenvalue weighted by Crippen LogP contribution is -2.49. The molecule has 0 heterocycles. The fourth-order valence-electron chi connectivity index (χ4n) is 4.84. The maximum Gasteiger partial charge on any atom is 0.324 e. The van der Waals surface area contributed by atoms with Gasteiger partial charge in [0.1, 0.15) is 11.5 Å². The molecule has 0 atom stereocenters. The van der Waals surface area contributed by atoms with Gasteiger partial charge in [0, 0.05) is 38.6 Å². The first-order valence-electron chi connectivity index (χ1n) is 14.4. The highest BCUT2D eigenvalue weighted by molar-refractivity contribution is 5.92. The Morgan fingerprint density at radius 2 is 0.932 bits per heavy atom. The number of para-hydroxylation sites is 2. The Labute approximate surface area is 259 Å². The van der Waals surface area contributed by atoms with Gasteiger partial charge in [-0.3, -0.25) is 9.80 Å². The lowest BCUT2D eigenvalue weighted by molar-refractivity contribution is 0.0892. The van der Waals surface area contributed by atoms with Crippen molar-refractivity contribution in [1.29, 1.82) is 0 Å². The van der Waals surface area contributed by atoms with E-state index < -0.39 is 6.10 Å². The second-order valence-electron chi connectivity index (χ2n) is 10.5. The second kappa shape index (κ2) is 15.5. The summed E-state index contributed by atoms with van der Waals surface area (Å²) in [5.41, 5.74) is 3.21. The molecule has 44 heavy (non-hydrogen) atoms. The highest BCUT2D eigenvalue weighted by Crippen LogP contribution is 2.20. The summed E-state index contributed by atoms with van der Waals surface area (Å²) in [5, 5.41) is 11.4. The van der Waals surface area contributed by atoms with Crippen molar-refractivity contribution in [2.24, 2.45) is 0 Å². The van der Waals surface area contributed by atoms with Crippen LogP contribution in [0.3, 0.4) is 0 Å². The number of rotatable bonds is 12. The third-order valence-electron chi connectivity index (χ3n) is 7.33. The van der Waals surface area contributed by atoms with Crippen molar-refractivity contribution in [3.05, 3.63) is 120 Å². The van der Waals surface area contributed by atoms with Gasteiger partial charge in [0.15, 0.2) is 0 Å². The smallest absolute Gasteiger partial charge is 0.324 e. The molecule has 0 radical (unpaired) electrons. The average Bonchev–Trinajstić information content (AvgIpc) is 3.07. The van der Waals surface area contributed by atoms with E-state index in [9.17, 15) is 14.7 Å². The molecule has 4 aromatic carbocycles. The summed E-state index contributed by atoms with van der Waals surface area (Å²) in [7, 11) is 6.62. The topological polar surface area (TPSA) is 85.8 Å². The predicted octanol–water partition coefficient (Wildman–Crippen LogP) is 5.88. The molecule has 0 saturated carbocycles. The van der Waals surface area contributed by atoms with E-state index >= 15 is 0 Å². The van der Waals surface area contributed by atoms with Crippen LogP contribution in [0.2, 0.25) is 0 Å². The Hall–Kier alpha value is -5.02. The number of anilines is 2. The van der Waals surface area contributed by atoms with Crippen LogP contribution >= 0.6 is 0 Å². The van der Waals surface area contributed by atoms with Crippen molar-refractivity contribution >= 4 is 23.4 Å². The molecular weight excluding hydrogens is 556 g/mol. The standard InChI is InChI=1S/C35H40N4O5/c1-36(29-11-7-5-8-12-29)34(41)38(23-27-15-19-32(43-3)20-16-27)25-31(40)26-39(24-28-17-21-33(44-4)22-18-28)35(42)37(2)30-13-9-6-10-14-30/h5-22,31,40H,23-26H2,1-4H3. The third-order valence-corrected chi connectivity index (χ3v) is 7.33. The SMILES string of the molecule is COc1ccc(CN(CC(O)CN(Cc2ccc(OC)cc2)C(=O)N(C)c2ccccc2)C(=O)N(C)c2ccccc2)cc1. The summed E-state index contributed by atoms with van der Waals surface area (Å²) in [6, 6.07) is 33.0. The van der Waals surface area contributed by atoms with Crippen molar-refractivity contribution in [1.82, 2.24) is 9.80 Å². The van der Waals surface area contributed by atoms with E-state index in [0.717, 1.165) is 22.5 Å². The molecule has 9 heteroatoms. The molecule has 9 nitrogen and oxygen atoms in total. The van der Waals surface area contributed by atoms with Gasteiger partial charge in [-0.25, -0.2) is 9.59 Å². The minimum absolute atomic E-state index is 0.00345. The van der Waals surface area contributed by atoms with Crippen LogP contribution in [0.4, 0.5) is 21.0 Å². The normalized spacial score (nSPS) is 10.7. The van der Waals surface area contributed by atoms with Crippen molar-refractivity contribution < 1.29 is 24.2 Å². The summed E-state index contributed by atoms with van der Waals surface area (Å²) in [6.45, 7) is 0.522. The van der Waals surface area contributed by atoms with Crippen LogP contribution in [-0.2, 0) is 13.1 Å². The van der Waals surface area contributed by atoms with Gasteiger partial charge in [-0.2, -0.15) is 0 Å². The molecule has 230 valence electrons. The minimum atomic E-state index is -1.03. The molecule has 1 N–H and O–H groups in total. The van der Waals surface area contributed by atoms with Crippen LogP contribution in [0, 0.1) is 0 Å². The lowest BCUT2D eigenvalue weighted by atomic mass is 10.1. The maximum atomic E-state index is 13.8. The first kappa shape index (κ1) is 31.9. The Bertz CT molecular complexity index is 1350. The maximum absolute atomic E-state index is 13.8. The summed E-state index contributed by atoms with van der Waals surface area (Å²) < 4.78 is 10.6. The highest BCUT2D eigenvalue weighted by atomic mass is 16.5. The number of amides is 4. The zero-order valence-electron chi connectivity index (χ0n) is 25.7. The number of carbonyl (C=O) groups excluding carboxylic acids is 2. The van der Waals surface area contributed by atoms with E-state index in [0.29, 0.717) is 11.5 Å². The Balaban J connectivity index is 1.57. The van der Waals surface area contributed by atoms with E-state index in [1.165, 1.54) is 0 Å². The largest absolute Gasteiger partial charge is 0.497 e. The molecule has 0 spiro atoms. The molecular formula is C35H40N4O5. The molecule has 4 aromatic rings. The average molecular weight is 597 g/mol. The number of aliphatic hydroxyl groups excluding tert-OH is 1. The molecule has 0 aliphatic rings. The van der Waals surface area contributed by atoms with E-state index in [1.54, 1.807) is 47.9 Å². The number of urea groups is 2. The summed E-state index contributed by atoms with van der Waals surface area (Å²) in [5.74, 6) is 1.42. The monoisotopic (exact) mass is 596 g/mol. The van der Waals surface area contributed by atoms with E-state index in [2.05, 4.69) is 0 Å². The Morgan fingerprint density at radius 1 is 0.591 bits per heavy atom. The van der Waals surface area contributed by atoms with Crippen molar-refractivity contribution in [2.75, 3.05) is 51.2 Å². The van der Waals surface area contributed by atoms with Crippen LogP contribution in [0.1, 0.15) is 11.1 Å². The van der Waals surface area contributed by atoms with E-state index in [-0.39, 0.29) is 38.2 Å². The van der Waals surface area contributed by atoms with E-state index in [4.69, 9.17) is 9.47 Å². The molecule has 0 aliphatic heterocycles. The second-order valence-corrected chi connectivity index (χ2v) is 10.5. The molecule has 0 aliphatic carbocycles. The fourth-order valence-corrected chi connectivity index (χ4v) is 4.84. The first-order valence-corrected chi connectivity index (χ1v) is 14.4. The molecule has 0 aromatic heterocycles. The van der Waals surface area contributed by atoms with Crippen LogP contribution in [0.15, 0.2) is 109 Å². The quantitative estimate of drug-likeness (QED) is 0.221. The van der Waals surface area contributed by atoms with Crippen molar-refractivity contribution in [2.45, 2.75) is 19.2 Å².